The molecule has 1 unspecified atom stereocenters. The van der Waals surface area contributed by atoms with Crippen LogP contribution in [0.25, 0.3) is 0 Å². The molecule has 5 nitrogen and oxygen atoms in total. The second-order valence-corrected chi connectivity index (χ2v) is 3.47. The molecule has 0 aliphatic rings. The molecular formula is C11H19N3O2. The first kappa shape index (κ1) is 12.7. The van der Waals surface area contributed by atoms with Gasteiger partial charge in [-0.1, -0.05) is 6.92 Å². The lowest BCUT2D eigenvalue weighted by atomic mass is 10.1. The molecule has 1 rings (SSSR count). The van der Waals surface area contributed by atoms with Crippen molar-refractivity contribution in [2.75, 3.05) is 21.3 Å². The molecule has 0 bridgehead atoms. The first-order valence-electron chi connectivity index (χ1n) is 5.36. The predicted octanol–water partition coefficient (Wildman–Crippen LogP) is 1.03. The second kappa shape index (κ2) is 6.27. The van der Waals surface area contributed by atoms with E-state index < -0.39 is 0 Å². The van der Waals surface area contributed by atoms with E-state index in [1.165, 1.54) is 0 Å². The highest BCUT2D eigenvalue weighted by Gasteiger charge is 2.10. The number of nitrogens with zero attached hydrogens (tertiary/aromatic N) is 2. The van der Waals surface area contributed by atoms with Crippen molar-refractivity contribution in [1.82, 2.24) is 15.3 Å². The molecule has 0 aromatic carbocycles. The number of methoxy groups -OCH3 is 2. The summed E-state index contributed by atoms with van der Waals surface area (Å²) in [6, 6.07) is 2.04. The van der Waals surface area contributed by atoms with Crippen LogP contribution in [-0.4, -0.2) is 37.3 Å². The molecule has 1 heterocycles. The minimum Gasteiger partial charge on any atom is -0.481 e. The van der Waals surface area contributed by atoms with Crippen LogP contribution in [0.5, 0.6) is 11.8 Å². The highest BCUT2D eigenvalue weighted by molar-refractivity contribution is 5.21. The minimum atomic E-state index is 0.372. The van der Waals surface area contributed by atoms with E-state index in [0.717, 1.165) is 18.7 Å². The van der Waals surface area contributed by atoms with Gasteiger partial charge in [0.1, 0.15) is 5.82 Å². The normalized spacial score (nSPS) is 12.2. The summed E-state index contributed by atoms with van der Waals surface area (Å²) in [5.74, 6) is 1.80. The van der Waals surface area contributed by atoms with Gasteiger partial charge in [-0.3, -0.25) is 0 Å². The number of hydrogen-bond acceptors (Lipinski definition) is 5. The fraction of sp³-hybridized carbons (Fsp3) is 0.636. The molecule has 5 heteroatoms. The van der Waals surface area contributed by atoms with Gasteiger partial charge in [0.15, 0.2) is 0 Å². The summed E-state index contributed by atoms with van der Waals surface area (Å²) in [5.41, 5.74) is 0. The van der Waals surface area contributed by atoms with E-state index in [1.54, 1.807) is 20.3 Å². The van der Waals surface area contributed by atoms with Gasteiger partial charge >= 0.3 is 0 Å². The zero-order valence-electron chi connectivity index (χ0n) is 10.3. The van der Waals surface area contributed by atoms with Gasteiger partial charge in [-0.05, 0) is 13.5 Å². The highest BCUT2D eigenvalue weighted by Crippen LogP contribution is 2.15. The van der Waals surface area contributed by atoms with Crippen molar-refractivity contribution in [3.05, 3.63) is 11.9 Å². The second-order valence-electron chi connectivity index (χ2n) is 3.47. The van der Waals surface area contributed by atoms with Crippen molar-refractivity contribution in [2.24, 2.45) is 0 Å². The molecule has 0 spiro atoms. The summed E-state index contributed by atoms with van der Waals surface area (Å²) in [6.07, 6.45) is 1.79. The molecule has 1 aromatic heterocycles. The molecule has 90 valence electrons. The Balaban J connectivity index is 2.85. The summed E-state index contributed by atoms with van der Waals surface area (Å²) in [6.45, 7) is 2.12. The Hall–Kier alpha value is -1.36. The van der Waals surface area contributed by atoms with Crippen LogP contribution in [-0.2, 0) is 6.42 Å². The lowest BCUT2D eigenvalue weighted by Gasteiger charge is -2.13. The van der Waals surface area contributed by atoms with Gasteiger partial charge in [0.2, 0.25) is 11.8 Å². The molecule has 1 aromatic rings. The van der Waals surface area contributed by atoms with E-state index >= 15 is 0 Å². The van der Waals surface area contributed by atoms with Crippen LogP contribution >= 0.6 is 0 Å². The van der Waals surface area contributed by atoms with Gasteiger partial charge in [0.25, 0.3) is 0 Å². The van der Waals surface area contributed by atoms with E-state index in [2.05, 4.69) is 22.2 Å². The zero-order chi connectivity index (χ0) is 12.0. The van der Waals surface area contributed by atoms with Gasteiger partial charge in [0, 0.05) is 12.5 Å². The maximum absolute atomic E-state index is 5.09. The SMILES string of the molecule is CCC(Cc1nc(OC)cc(OC)n1)NC. The van der Waals surface area contributed by atoms with Crippen molar-refractivity contribution in [2.45, 2.75) is 25.8 Å². The average molecular weight is 225 g/mol. The quantitative estimate of drug-likeness (QED) is 0.783. The monoisotopic (exact) mass is 225 g/mol. The number of ether oxygens (including phenoxy) is 2. The number of nitrogens with one attached hydrogen (secondary N) is 1. The Morgan fingerprint density at radius 3 is 2.19 bits per heavy atom. The Morgan fingerprint density at radius 2 is 1.81 bits per heavy atom. The lowest BCUT2D eigenvalue weighted by molar-refractivity contribution is 0.366. The molecular weight excluding hydrogens is 206 g/mol. The van der Waals surface area contributed by atoms with Crippen LogP contribution in [0.1, 0.15) is 19.2 Å². The number of likely N-dealkylation sites (N-methyl/N-ethyl adjacent to an activating group) is 1. The molecule has 16 heavy (non-hydrogen) atoms. The minimum absolute atomic E-state index is 0.372. The maximum Gasteiger partial charge on any atom is 0.220 e. The standard InChI is InChI=1S/C11H19N3O2/c1-5-8(12-2)6-9-13-10(15-3)7-11(14-9)16-4/h7-8,12H,5-6H2,1-4H3. The van der Waals surface area contributed by atoms with Gasteiger partial charge < -0.3 is 14.8 Å². The molecule has 0 aliphatic carbocycles. The predicted molar refractivity (Wildman–Crippen MR) is 62.0 cm³/mol. The van der Waals surface area contributed by atoms with E-state index in [-0.39, 0.29) is 0 Å². The Bertz CT molecular complexity index is 305. The van der Waals surface area contributed by atoms with Crippen LogP contribution in [0.3, 0.4) is 0 Å². The molecule has 0 saturated carbocycles. The van der Waals surface area contributed by atoms with Crippen molar-refractivity contribution >= 4 is 0 Å². The van der Waals surface area contributed by atoms with Crippen molar-refractivity contribution in [3.8, 4) is 11.8 Å². The average Bonchev–Trinajstić information content (AvgIpc) is 2.35. The van der Waals surface area contributed by atoms with Crippen LogP contribution in [0, 0.1) is 0 Å². The summed E-state index contributed by atoms with van der Waals surface area (Å²) in [4.78, 5) is 8.56. The zero-order valence-corrected chi connectivity index (χ0v) is 10.3. The van der Waals surface area contributed by atoms with Crippen molar-refractivity contribution in [1.29, 1.82) is 0 Å². The Morgan fingerprint density at radius 1 is 1.25 bits per heavy atom. The lowest BCUT2D eigenvalue weighted by Crippen LogP contribution is -2.27. The van der Waals surface area contributed by atoms with E-state index in [0.29, 0.717) is 17.8 Å². The third-order valence-electron chi connectivity index (χ3n) is 2.47. The smallest absolute Gasteiger partial charge is 0.220 e. The van der Waals surface area contributed by atoms with Gasteiger partial charge in [-0.25, -0.2) is 0 Å². The Labute approximate surface area is 96.2 Å². The molecule has 0 fully saturated rings. The molecule has 1 atom stereocenters. The molecule has 0 radical (unpaired) electrons. The maximum atomic E-state index is 5.09. The Kier molecular flexibility index (Phi) is 4.98. The number of hydrogen-bond donors (Lipinski definition) is 1. The largest absolute Gasteiger partial charge is 0.481 e. The van der Waals surface area contributed by atoms with Crippen LogP contribution in [0.15, 0.2) is 6.07 Å². The van der Waals surface area contributed by atoms with E-state index in [4.69, 9.17) is 9.47 Å². The molecule has 0 aliphatic heterocycles. The fourth-order valence-corrected chi connectivity index (χ4v) is 1.42. The first-order chi connectivity index (χ1) is 7.73. The van der Waals surface area contributed by atoms with E-state index in [9.17, 15) is 0 Å². The van der Waals surface area contributed by atoms with Crippen molar-refractivity contribution < 1.29 is 9.47 Å². The van der Waals surface area contributed by atoms with E-state index in [1.807, 2.05) is 7.05 Å². The van der Waals surface area contributed by atoms with Gasteiger partial charge in [0.05, 0.1) is 20.3 Å². The number of rotatable bonds is 6. The third kappa shape index (κ3) is 3.34. The molecule has 0 amide bonds. The fourth-order valence-electron chi connectivity index (χ4n) is 1.42. The third-order valence-corrected chi connectivity index (χ3v) is 2.47. The van der Waals surface area contributed by atoms with Gasteiger partial charge in [-0.2, -0.15) is 9.97 Å². The highest BCUT2D eigenvalue weighted by atomic mass is 16.5. The topological polar surface area (TPSA) is 56.3 Å². The first-order valence-corrected chi connectivity index (χ1v) is 5.36. The number of aromatic nitrogens is 2. The van der Waals surface area contributed by atoms with Crippen molar-refractivity contribution in [3.63, 3.8) is 0 Å². The van der Waals surface area contributed by atoms with Crippen LogP contribution < -0.4 is 14.8 Å². The van der Waals surface area contributed by atoms with Gasteiger partial charge in [-0.15, -0.1) is 0 Å². The van der Waals surface area contributed by atoms with Crippen LogP contribution in [0.2, 0.25) is 0 Å². The summed E-state index contributed by atoms with van der Waals surface area (Å²) in [5, 5.41) is 3.21. The molecule has 0 saturated heterocycles. The summed E-state index contributed by atoms with van der Waals surface area (Å²) in [7, 11) is 5.10. The summed E-state index contributed by atoms with van der Waals surface area (Å²) < 4.78 is 10.2. The molecule has 1 N–H and O–H groups in total. The van der Waals surface area contributed by atoms with Crippen LogP contribution in [0.4, 0.5) is 0 Å². The summed E-state index contributed by atoms with van der Waals surface area (Å²) >= 11 is 0.